The summed E-state index contributed by atoms with van der Waals surface area (Å²) in [6, 6.07) is 3.87. The molecule has 9 nitrogen and oxygen atoms in total. The van der Waals surface area contributed by atoms with Gasteiger partial charge in [0, 0.05) is 36.9 Å². The zero-order valence-corrected chi connectivity index (χ0v) is 17.8. The molecule has 31 heavy (non-hydrogen) atoms. The molecule has 1 saturated heterocycles. The van der Waals surface area contributed by atoms with Crippen LogP contribution in [0.2, 0.25) is 0 Å². The molecule has 1 fully saturated rings. The first-order valence-corrected chi connectivity index (χ1v) is 10.3. The van der Waals surface area contributed by atoms with Crippen LogP contribution in [-0.4, -0.2) is 50.0 Å². The van der Waals surface area contributed by atoms with Crippen molar-refractivity contribution >= 4 is 22.6 Å². The number of nitrogens with zero attached hydrogens (tertiary/aromatic N) is 4. The van der Waals surface area contributed by atoms with Crippen LogP contribution in [0.4, 0.5) is 5.69 Å². The molecule has 3 N–H and O–H groups in total. The number of hydrogen-bond acceptors (Lipinski definition) is 7. The molecule has 0 bridgehead atoms. The number of carbonyl (C=O) groups excluding carboxylic acids is 1. The lowest BCUT2D eigenvalue weighted by molar-refractivity contribution is -0.132. The van der Waals surface area contributed by atoms with Crippen molar-refractivity contribution in [1.82, 2.24) is 19.9 Å². The van der Waals surface area contributed by atoms with E-state index in [1.807, 2.05) is 18.3 Å². The van der Waals surface area contributed by atoms with Crippen molar-refractivity contribution in [3.05, 3.63) is 30.4 Å². The molecule has 1 amide bonds. The highest BCUT2D eigenvalue weighted by Gasteiger charge is 2.29. The van der Waals surface area contributed by atoms with E-state index in [9.17, 15) is 9.90 Å². The summed E-state index contributed by atoms with van der Waals surface area (Å²) in [7, 11) is 0. The smallest absolute Gasteiger partial charge is 0.236 e. The van der Waals surface area contributed by atoms with Crippen molar-refractivity contribution in [3.63, 3.8) is 0 Å². The van der Waals surface area contributed by atoms with Crippen LogP contribution in [0.25, 0.3) is 22.5 Å². The highest BCUT2D eigenvalue weighted by Crippen LogP contribution is 2.36. The van der Waals surface area contributed by atoms with Crippen molar-refractivity contribution < 1.29 is 14.3 Å². The molecular weight excluding hydrogens is 396 g/mol. The Morgan fingerprint density at radius 2 is 2.23 bits per heavy atom. The van der Waals surface area contributed by atoms with Gasteiger partial charge >= 0.3 is 0 Å². The summed E-state index contributed by atoms with van der Waals surface area (Å²) in [5, 5.41) is 23.6. The zero-order chi connectivity index (χ0) is 22.2. The molecule has 4 rings (SSSR count). The van der Waals surface area contributed by atoms with E-state index in [0.29, 0.717) is 36.2 Å². The van der Waals surface area contributed by atoms with E-state index in [4.69, 9.17) is 9.68 Å². The zero-order valence-electron chi connectivity index (χ0n) is 17.8. The molecule has 3 aromatic heterocycles. The highest BCUT2D eigenvalue weighted by molar-refractivity contribution is 5.97. The molecular formula is C22H26N6O3. The van der Waals surface area contributed by atoms with Crippen LogP contribution in [-0.2, 0) is 10.4 Å². The van der Waals surface area contributed by atoms with Gasteiger partial charge in [0.15, 0.2) is 5.76 Å². The second-order valence-corrected chi connectivity index (χ2v) is 8.69. The minimum absolute atomic E-state index is 0.00522. The number of carbonyl (C=O) groups is 1. The number of H-pyrrole nitrogens is 1. The Kier molecular flexibility index (Phi) is 5.41. The van der Waals surface area contributed by atoms with Gasteiger partial charge in [-0.3, -0.25) is 4.79 Å². The number of nitrogens with one attached hydrogen (secondary N) is 2. The Labute approximate surface area is 180 Å². The van der Waals surface area contributed by atoms with E-state index in [0.717, 1.165) is 23.1 Å². The number of likely N-dealkylation sites (tertiary alicyclic amines) is 1. The Morgan fingerprint density at radius 3 is 2.94 bits per heavy atom. The number of pyridine rings is 1. The standard InChI is InChI=1S/C22H26N6O3/c1-13-8-14(12-28(11-13)18(29)4-6-23)27-19-15-5-7-24-20(15)25-9-16(19)21-26-10-17(31-21)22(2,3)30/h5,7,9-10,13-14,30H,4,8,11-12H2,1-3H3,(H2,24,25,27)/t13-,14+/m0/s1. The van der Waals surface area contributed by atoms with Gasteiger partial charge in [-0.1, -0.05) is 6.92 Å². The number of nitriles is 1. The van der Waals surface area contributed by atoms with Crippen LogP contribution >= 0.6 is 0 Å². The van der Waals surface area contributed by atoms with Crippen molar-refractivity contribution in [2.45, 2.75) is 45.3 Å². The largest absolute Gasteiger partial charge is 0.438 e. The number of aromatic nitrogens is 3. The van der Waals surface area contributed by atoms with Gasteiger partial charge in [0.05, 0.1) is 23.5 Å². The van der Waals surface area contributed by atoms with Crippen molar-refractivity contribution in [2.24, 2.45) is 5.92 Å². The van der Waals surface area contributed by atoms with Crippen molar-refractivity contribution in [2.75, 3.05) is 18.4 Å². The third-order valence-corrected chi connectivity index (χ3v) is 5.52. The van der Waals surface area contributed by atoms with Gasteiger partial charge in [-0.25, -0.2) is 9.97 Å². The first kappa shape index (κ1) is 20.9. The lowest BCUT2D eigenvalue weighted by atomic mass is 9.95. The Bertz CT molecular complexity index is 1140. The van der Waals surface area contributed by atoms with Crippen LogP contribution in [0.5, 0.6) is 0 Å². The number of anilines is 1. The quantitative estimate of drug-likeness (QED) is 0.576. The fraction of sp³-hybridized carbons (Fsp3) is 0.455. The van der Waals surface area contributed by atoms with Gasteiger partial charge in [-0.15, -0.1) is 0 Å². The van der Waals surface area contributed by atoms with Crippen LogP contribution in [0.3, 0.4) is 0 Å². The third-order valence-electron chi connectivity index (χ3n) is 5.52. The van der Waals surface area contributed by atoms with Crippen LogP contribution in [0, 0.1) is 17.2 Å². The third kappa shape index (κ3) is 4.25. The minimum Gasteiger partial charge on any atom is -0.438 e. The maximum Gasteiger partial charge on any atom is 0.236 e. The summed E-state index contributed by atoms with van der Waals surface area (Å²) in [6.07, 6.45) is 5.79. The molecule has 1 aliphatic heterocycles. The van der Waals surface area contributed by atoms with E-state index in [2.05, 4.69) is 27.2 Å². The van der Waals surface area contributed by atoms with Crippen molar-refractivity contribution in [3.8, 4) is 17.5 Å². The number of oxazole rings is 1. The van der Waals surface area contributed by atoms with Gasteiger partial charge in [-0.2, -0.15) is 5.26 Å². The number of aromatic amines is 1. The van der Waals surface area contributed by atoms with Crippen LogP contribution in [0.15, 0.2) is 29.1 Å². The molecule has 0 radical (unpaired) electrons. The van der Waals surface area contributed by atoms with E-state index in [1.165, 1.54) is 6.20 Å². The number of piperidine rings is 1. The number of amides is 1. The maximum absolute atomic E-state index is 12.3. The second-order valence-electron chi connectivity index (χ2n) is 8.69. The van der Waals surface area contributed by atoms with Crippen LogP contribution in [0.1, 0.15) is 39.4 Å². The molecule has 3 aromatic rings. The van der Waals surface area contributed by atoms with E-state index in [-0.39, 0.29) is 18.4 Å². The molecule has 0 aromatic carbocycles. The fourth-order valence-electron chi connectivity index (χ4n) is 4.05. The maximum atomic E-state index is 12.3. The number of hydrogen-bond donors (Lipinski definition) is 3. The molecule has 0 spiro atoms. The lowest BCUT2D eigenvalue weighted by Crippen LogP contribution is -2.48. The topological polar surface area (TPSA) is 131 Å². The Morgan fingerprint density at radius 1 is 1.42 bits per heavy atom. The fourth-order valence-corrected chi connectivity index (χ4v) is 4.05. The summed E-state index contributed by atoms with van der Waals surface area (Å²) < 4.78 is 5.85. The first-order valence-electron chi connectivity index (χ1n) is 10.3. The molecule has 1 aliphatic rings. The normalized spacial score (nSPS) is 19.4. The van der Waals surface area contributed by atoms with E-state index < -0.39 is 5.60 Å². The minimum atomic E-state index is -1.15. The molecule has 0 aliphatic carbocycles. The molecule has 0 unspecified atom stereocenters. The van der Waals surface area contributed by atoms with E-state index >= 15 is 0 Å². The molecule has 4 heterocycles. The second kappa shape index (κ2) is 8.04. The number of aliphatic hydroxyl groups is 1. The number of fused-ring (bicyclic) bond motifs is 1. The summed E-state index contributed by atoms with van der Waals surface area (Å²) in [4.78, 5) is 26.0. The molecule has 2 atom stereocenters. The summed E-state index contributed by atoms with van der Waals surface area (Å²) in [6.45, 7) is 6.54. The van der Waals surface area contributed by atoms with Gasteiger partial charge in [0.2, 0.25) is 11.8 Å². The van der Waals surface area contributed by atoms with Crippen molar-refractivity contribution in [1.29, 1.82) is 5.26 Å². The average molecular weight is 422 g/mol. The molecule has 162 valence electrons. The predicted octanol–water partition coefficient (Wildman–Crippen LogP) is 3.01. The van der Waals surface area contributed by atoms with Gasteiger partial charge in [0.25, 0.3) is 0 Å². The highest BCUT2D eigenvalue weighted by atomic mass is 16.4. The average Bonchev–Trinajstić information content (AvgIpc) is 3.37. The monoisotopic (exact) mass is 422 g/mol. The predicted molar refractivity (Wildman–Crippen MR) is 115 cm³/mol. The summed E-state index contributed by atoms with van der Waals surface area (Å²) in [5.74, 6) is 0.869. The van der Waals surface area contributed by atoms with Gasteiger partial charge < -0.3 is 24.7 Å². The van der Waals surface area contributed by atoms with Gasteiger partial charge in [0.1, 0.15) is 17.7 Å². The Hall–Kier alpha value is -3.38. The lowest BCUT2D eigenvalue weighted by Gasteiger charge is -2.37. The molecule has 9 heteroatoms. The summed E-state index contributed by atoms with van der Waals surface area (Å²) in [5.41, 5.74) is 1.06. The van der Waals surface area contributed by atoms with Gasteiger partial charge in [-0.05, 0) is 32.3 Å². The van der Waals surface area contributed by atoms with E-state index in [1.54, 1.807) is 24.9 Å². The first-order chi connectivity index (χ1) is 14.8. The summed E-state index contributed by atoms with van der Waals surface area (Å²) >= 11 is 0. The van der Waals surface area contributed by atoms with Crippen LogP contribution < -0.4 is 5.32 Å². The number of rotatable bonds is 5. The Balaban J connectivity index is 1.69. The SMILES string of the molecule is C[C@H]1C[C@@H](Nc2c(-c3ncc(C(C)(C)O)o3)cnc3[nH]ccc23)CN(C(=O)CC#N)C1. The molecule has 0 saturated carbocycles.